The fraction of sp³-hybridized carbons (Fsp3) is 1.00. The van der Waals surface area contributed by atoms with Crippen LogP contribution in [0.2, 0.25) is 0 Å². The van der Waals surface area contributed by atoms with Crippen molar-refractivity contribution in [3.8, 4) is 0 Å². The predicted molar refractivity (Wildman–Crippen MR) is 80.1 cm³/mol. The predicted octanol–water partition coefficient (Wildman–Crippen LogP) is 6.04. The third kappa shape index (κ3) is 4.74. The molecule has 0 saturated carbocycles. The van der Waals surface area contributed by atoms with Gasteiger partial charge in [-0.15, -0.1) is 0 Å². The second-order valence-corrected chi connectivity index (χ2v) is 10.0. The van der Waals surface area contributed by atoms with Gasteiger partial charge < -0.3 is 0 Å². The monoisotopic (exact) mass is 244 g/mol. The first-order chi connectivity index (χ1) is 7.31. The van der Waals surface area contributed by atoms with Crippen molar-refractivity contribution in [2.24, 2.45) is 0 Å². The van der Waals surface area contributed by atoms with E-state index in [0.29, 0.717) is 10.3 Å². The van der Waals surface area contributed by atoms with Crippen LogP contribution >= 0.6 is 7.92 Å². The number of rotatable bonds is 8. The Kier molecular flexibility index (Phi) is 7.18. The summed E-state index contributed by atoms with van der Waals surface area (Å²) >= 11 is 0. The first-order valence-electron chi connectivity index (χ1n) is 7.09. The van der Waals surface area contributed by atoms with E-state index in [9.17, 15) is 0 Å². The van der Waals surface area contributed by atoms with Crippen LogP contribution in [0, 0.1) is 0 Å². The summed E-state index contributed by atoms with van der Waals surface area (Å²) in [4.78, 5) is 0. The van der Waals surface area contributed by atoms with Crippen LogP contribution in [-0.4, -0.2) is 16.5 Å². The van der Waals surface area contributed by atoms with Crippen LogP contribution in [0.15, 0.2) is 0 Å². The van der Waals surface area contributed by atoms with E-state index in [4.69, 9.17) is 0 Å². The summed E-state index contributed by atoms with van der Waals surface area (Å²) < 4.78 is 0. The number of hydrogen-bond acceptors (Lipinski definition) is 0. The summed E-state index contributed by atoms with van der Waals surface area (Å²) in [5, 5.41) is 1.14. The highest BCUT2D eigenvalue weighted by Gasteiger charge is 2.37. The van der Waals surface area contributed by atoms with E-state index < -0.39 is 0 Å². The van der Waals surface area contributed by atoms with Crippen LogP contribution < -0.4 is 0 Å². The van der Waals surface area contributed by atoms with Crippen LogP contribution in [0.4, 0.5) is 0 Å². The Labute approximate surface area is 105 Å². The molecule has 0 aliphatic heterocycles. The zero-order valence-electron chi connectivity index (χ0n) is 12.7. The molecule has 0 bridgehead atoms. The maximum absolute atomic E-state index is 2.51. The van der Waals surface area contributed by atoms with Crippen molar-refractivity contribution in [1.29, 1.82) is 0 Å². The summed E-state index contributed by atoms with van der Waals surface area (Å²) in [6.45, 7) is 17.0. The third-order valence-corrected chi connectivity index (χ3v) is 7.90. The maximum Gasteiger partial charge on any atom is -0.0146 e. The highest BCUT2D eigenvalue weighted by molar-refractivity contribution is 7.60. The van der Waals surface area contributed by atoms with Gasteiger partial charge in [-0.2, -0.15) is 0 Å². The molecular weight excluding hydrogens is 211 g/mol. The quantitative estimate of drug-likeness (QED) is 0.457. The van der Waals surface area contributed by atoms with E-state index in [2.05, 4.69) is 48.5 Å². The number of hydrogen-bond donors (Lipinski definition) is 0. The van der Waals surface area contributed by atoms with Gasteiger partial charge in [-0.3, -0.25) is 0 Å². The summed E-state index contributed by atoms with van der Waals surface area (Å²) in [5.41, 5.74) is 0. The first-order valence-corrected chi connectivity index (χ1v) is 8.62. The topological polar surface area (TPSA) is 0 Å². The minimum atomic E-state index is 0.141. The van der Waals surface area contributed by atoms with E-state index in [1.807, 2.05) is 0 Å². The molecule has 0 aliphatic rings. The van der Waals surface area contributed by atoms with Crippen molar-refractivity contribution in [3.63, 3.8) is 0 Å². The van der Waals surface area contributed by atoms with Gasteiger partial charge in [0.05, 0.1) is 0 Å². The fourth-order valence-corrected chi connectivity index (χ4v) is 7.43. The smallest absolute Gasteiger partial charge is 0.0146 e. The first kappa shape index (κ1) is 16.4. The van der Waals surface area contributed by atoms with E-state index in [1.54, 1.807) is 0 Å². The molecule has 0 nitrogen and oxygen atoms in total. The fourth-order valence-electron chi connectivity index (χ4n) is 3.14. The average Bonchev–Trinajstić information content (AvgIpc) is 2.13. The molecule has 98 valence electrons. The van der Waals surface area contributed by atoms with E-state index in [0.717, 1.165) is 0 Å². The van der Waals surface area contributed by atoms with Gasteiger partial charge in [-0.25, -0.2) is 0 Å². The van der Waals surface area contributed by atoms with E-state index in [-0.39, 0.29) is 7.92 Å². The molecule has 0 N–H and O–H groups in total. The lowest BCUT2D eigenvalue weighted by molar-refractivity contribution is 0.556. The molecule has 0 spiro atoms. The summed E-state index contributed by atoms with van der Waals surface area (Å²) in [7, 11) is 0.141. The minimum absolute atomic E-state index is 0.141. The molecule has 0 amide bonds. The molecule has 0 aliphatic carbocycles. The largest absolute Gasteiger partial charge is 0.0951 e. The van der Waals surface area contributed by atoms with Crippen LogP contribution in [0.25, 0.3) is 0 Å². The molecule has 1 heteroatoms. The van der Waals surface area contributed by atoms with E-state index in [1.165, 1.54) is 38.3 Å². The maximum atomic E-state index is 2.51. The molecule has 0 aromatic rings. The zero-order valence-corrected chi connectivity index (χ0v) is 13.6. The van der Waals surface area contributed by atoms with Crippen molar-refractivity contribution < 1.29 is 0 Å². The van der Waals surface area contributed by atoms with Crippen LogP contribution in [0.5, 0.6) is 0 Å². The average molecular weight is 244 g/mol. The lowest BCUT2D eigenvalue weighted by Crippen LogP contribution is -2.31. The second-order valence-electron chi connectivity index (χ2n) is 6.28. The lowest BCUT2D eigenvalue weighted by Gasteiger charge is -2.46. The van der Waals surface area contributed by atoms with Crippen molar-refractivity contribution in [2.45, 2.75) is 90.9 Å². The zero-order chi connectivity index (χ0) is 12.8. The van der Waals surface area contributed by atoms with Gasteiger partial charge in [0.1, 0.15) is 0 Å². The van der Waals surface area contributed by atoms with Gasteiger partial charge in [0, 0.05) is 0 Å². The summed E-state index contributed by atoms with van der Waals surface area (Å²) in [6, 6.07) is 0. The van der Waals surface area contributed by atoms with Gasteiger partial charge in [0.2, 0.25) is 0 Å². The Balaban J connectivity index is 4.83. The SMILES string of the molecule is CCCP(C(C)(C)CCC)C(C)(C)CCC. The summed E-state index contributed by atoms with van der Waals surface area (Å²) in [6.07, 6.45) is 8.26. The van der Waals surface area contributed by atoms with Gasteiger partial charge in [-0.05, 0) is 29.3 Å². The van der Waals surface area contributed by atoms with Crippen molar-refractivity contribution in [2.75, 3.05) is 6.16 Å². The second kappa shape index (κ2) is 7.00. The molecule has 0 atom stereocenters. The van der Waals surface area contributed by atoms with Crippen LogP contribution in [-0.2, 0) is 0 Å². The Hall–Kier alpha value is 0.430. The highest BCUT2D eigenvalue weighted by atomic mass is 31.1. The lowest BCUT2D eigenvalue weighted by atomic mass is 10.1. The van der Waals surface area contributed by atoms with Crippen molar-refractivity contribution in [1.82, 2.24) is 0 Å². The molecule has 0 saturated heterocycles. The molecule has 0 aromatic carbocycles. The molecule has 16 heavy (non-hydrogen) atoms. The van der Waals surface area contributed by atoms with Crippen molar-refractivity contribution in [3.05, 3.63) is 0 Å². The Morgan fingerprint density at radius 1 is 0.688 bits per heavy atom. The van der Waals surface area contributed by atoms with Crippen LogP contribution in [0.1, 0.15) is 80.6 Å². The molecular formula is C15H33P. The normalized spacial score (nSPS) is 13.5. The third-order valence-electron chi connectivity index (χ3n) is 3.63. The van der Waals surface area contributed by atoms with Crippen molar-refractivity contribution >= 4 is 7.92 Å². The van der Waals surface area contributed by atoms with Gasteiger partial charge in [-0.1, -0.05) is 75.7 Å². The molecule has 0 heterocycles. The molecule has 0 fully saturated rings. The highest BCUT2D eigenvalue weighted by Crippen LogP contribution is 2.62. The Morgan fingerprint density at radius 2 is 1.06 bits per heavy atom. The Bertz CT molecular complexity index is 164. The van der Waals surface area contributed by atoms with Gasteiger partial charge in [0.15, 0.2) is 0 Å². The molecule has 0 rings (SSSR count). The van der Waals surface area contributed by atoms with Gasteiger partial charge >= 0.3 is 0 Å². The van der Waals surface area contributed by atoms with Crippen LogP contribution in [0.3, 0.4) is 0 Å². The standard InChI is InChI=1S/C15H33P/c1-8-11-14(4,5)16(13-10-3)15(6,7)12-9-2/h8-13H2,1-7H3. The minimum Gasteiger partial charge on any atom is -0.0951 e. The summed E-state index contributed by atoms with van der Waals surface area (Å²) in [5.74, 6) is 0. The molecule has 0 unspecified atom stereocenters. The molecule has 0 aromatic heterocycles. The molecule has 0 radical (unpaired) electrons. The van der Waals surface area contributed by atoms with Gasteiger partial charge in [0.25, 0.3) is 0 Å². The Morgan fingerprint density at radius 3 is 1.31 bits per heavy atom. The van der Waals surface area contributed by atoms with E-state index >= 15 is 0 Å².